The van der Waals surface area contributed by atoms with Gasteiger partial charge in [-0.1, -0.05) is 12.1 Å². The van der Waals surface area contributed by atoms with E-state index in [-0.39, 0.29) is 12.0 Å². The van der Waals surface area contributed by atoms with Gasteiger partial charge in [0.15, 0.2) is 0 Å². The molecule has 1 heterocycles. The summed E-state index contributed by atoms with van der Waals surface area (Å²) >= 11 is 0. The molecule has 1 fully saturated rings. The molecule has 17 heavy (non-hydrogen) atoms. The number of aliphatic hydroxyl groups is 1. The highest BCUT2D eigenvalue weighted by molar-refractivity contribution is 5.33. The second-order valence-electron chi connectivity index (χ2n) is 4.65. The summed E-state index contributed by atoms with van der Waals surface area (Å²) in [5.74, 6) is 0.901. The van der Waals surface area contributed by atoms with Crippen LogP contribution in [-0.2, 0) is 5.41 Å². The number of benzene rings is 1. The van der Waals surface area contributed by atoms with Crippen LogP contribution in [0, 0.1) is 0 Å². The van der Waals surface area contributed by atoms with Crippen molar-refractivity contribution in [3.05, 3.63) is 29.8 Å². The third-order valence-corrected chi connectivity index (χ3v) is 3.64. The van der Waals surface area contributed by atoms with Crippen LogP contribution < -0.4 is 10.1 Å². The summed E-state index contributed by atoms with van der Waals surface area (Å²) in [6.45, 7) is 4.86. The van der Waals surface area contributed by atoms with Gasteiger partial charge in [0.2, 0.25) is 0 Å². The predicted octanol–water partition coefficient (Wildman–Crippen LogP) is 1.70. The molecule has 0 unspecified atom stereocenters. The highest BCUT2D eigenvalue weighted by atomic mass is 16.5. The van der Waals surface area contributed by atoms with Crippen molar-refractivity contribution >= 4 is 0 Å². The first-order valence-electron chi connectivity index (χ1n) is 6.36. The number of piperidine rings is 1. The van der Waals surface area contributed by atoms with Gasteiger partial charge >= 0.3 is 0 Å². The van der Waals surface area contributed by atoms with E-state index in [9.17, 15) is 5.11 Å². The summed E-state index contributed by atoms with van der Waals surface area (Å²) in [4.78, 5) is 0. The molecular weight excluding hydrogens is 214 g/mol. The van der Waals surface area contributed by atoms with E-state index in [0.717, 1.165) is 31.7 Å². The molecule has 0 radical (unpaired) electrons. The van der Waals surface area contributed by atoms with E-state index in [0.29, 0.717) is 6.61 Å². The Morgan fingerprint density at radius 2 is 1.88 bits per heavy atom. The van der Waals surface area contributed by atoms with Crippen molar-refractivity contribution in [1.82, 2.24) is 5.32 Å². The van der Waals surface area contributed by atoms with Gasteiger partial charge in [0.1, 0.15) is 5.75 Å². The van der Waals surface area contributed by atoms with E-state index in [2.05, 4.69) is 17.4 Å². The van der Waals surface area contributed by atoms with Crippen LogP contribution in [0.25, 0.3) is 0 Å². The summed E-state index contributed by atoms with van der Waals surface area (Å²) in [5, 5.41) is 13.0. The van der Waals surface area contributed by atoms with Crippen LogP contribution in [0.4, 0.5) is 0 Å². The molecule has 94 valence electrons. The molecule has 1 aromatic rings. The first kappa shape index (κ1) is 12.4. The SMILES string of the molecule is CCOc1ccc(C2(CO)CCNCC2)cc1. The molecule has 1 aliphatic rings. The van der Waals surface area contributed by atoms with Gasteiger partial charge < -0.3 is 15.2 Å². The molecule has 3 heteroatoms. The lowest BCUT2D eigenvalue weighted by Gasteiger charge is -2.36. The van der Waals surface area contributed by atoms with Crippen LogP contribution in [0.1, 0.15) is 25.3 Å². The topological polar surface area (TPSA) is 41.5 Å². The van der Waals surface area contributed by atoms with Crippen LogP contribution >= 0.6 is 0 Å². The first-order chi connectivity index (χ1) is 8.30. The van der Waals surface area contributed by atoms with Crippen molar-refractivity contribution in [3.63, 3.8) is 0 Å². The lowest BCUT2D eigenvalue weighted by Crippen LogP contribution is -2.42. The Hall–Kier alpha value is -1.06. The van der Waals surface area contributed by atoms with Gasteiger partial charge in [-0.05, 0) is 50.6 Å². The summed E-state index contributed by atoms with van der Waals surface area (Å²) in [7, 11) is 0. The smallest absolute Gasteiger partial charge is 0.119 e. The van der Waals surface area contributed by atoms with E-state index < -0.39 is 0 Å². The highest BCUT2D eigenvalue weighted by Gasteiger charge is 2.32. The van der Waals surface area contributed by atoms with Crippen LogP contribution in [0.5, 0.6) is 5.75 Å². The second-order valence-corrected chi connectivity index (χ2v) is 4.65. The van der Waals surface area contributed by atoms with Crippen LogP contribution in [0.3, 0.4) is 0 Å². The van der Waals surface area contributed by atoms with E-state index in [1.54, 1.807) is 0 Å². The van der Waals surface area contributed by atoms with E-state index in [1.807, 2.05) is 19.1 Å². The fourth-order valence-corrected chi connectivity index (χ4v) is 2.51. The summed E-state index contributed by atoms with van der Waals surface area (Å²) < 4.78 is 5.44. The molecule has 0 bridgehead atoms. The number of nitrogens with one attached hydrogen (secondary N) is 1. The van der Waals surface area contributed by atoms with Crippen molar-refractivity contribution < 1.29 is 9.84 Å². The van der Waals surface area contributed by atoms with Crippen molar-refractivity contribution in [2.75, 3.05) is 26.3 Å². The molecule has 2 N–H and O–H groups in total. The Balaban J connectivity index is 2.18. The lowest BCUT2D eigenvalue weighted by atomic mass is 9.74. The van der Waals surface area contributed by atoms with Gasteiger partial charge in [-0.2, -0.15) is 0 Å². The number of hydrogen-bond acceptors (Lipinski definition) is 3. The van der Waals surface area contributed by atoms with Crippen LogP contribution in [-0.4, -0.2) is 31.4 Å². The van der Waals surface area contributed by atoms with Crippen molar-refractivity contribution in [1.29, 1.82) is 0 Å². The van der Waals surface area contributed by atoms with Gasteiger partial charge in [-0.3, -0.25) is 0 Å². The minimum Gasteiger partial charge on any atom is -0.494 e. The third kappa shape index (κ3) is 2.61. The molecule has 0 atom stereocenters. The second kappa shape index (κ2) is 5.52. The zero-order chi connectivity index (χ0) is 12.1. The fraction of sp³-hybridized carbons (Fsp3) is 0.571. The Morgan fingerprint density at radius 3 is 2.41 bits per heavy atom. The molecular formula is C14H21NO2. The average Bonchev–Trinajstić information content (AvgIpc) is 2.41. The summed E-state index contributed by atoms with van der Waals surface area (Å²) in [6, 6.07) is 8.18. The number of aliphatic hydroxyl groups excluding tert-OH is 1. The standard InChI is InChI=1S/C14H21NO2/c1-2-17-13-5-3-12(4-6-13)14(11-16)7-9-15-10-8-14/h3-6,15-16H,2,7-11H2,1H3. The van der Waals surface area contributed by atoms with Gasteiger partial charge in [-0.25, -0.2) is 0 Å². The molecule has 0 saturated carbocycles. The summed E-state index contributed by atoms with van der Waals surface area (Å²) in [6.07, 6.45) is 2.00. The maximum atomic E-state index is 9.71. The molecule has 1 aromatic carbocycles. The van der Waals surface area contributed by atoms with Gasteiger partial charge in [0.25, 0.3) is 0 Å². The van der Waals surface area contributed by atoms with E-state index in [1.165, 1.54) is 5.56 Å². The number of rotatable bonds is 4. The highest BCUT2D eigenvalue weighted by Crippen LogP contribution is 2.33. The molecule has 2 rings (SSSR count). The zero-order valence-electron chi connectivity index (χ0n) is 10.4. The number of hydrogen-bond donors (Lipinski definition) is 2. The number of ether oxygens (including phenoxy) is 1. The van der Waals surface area contributed by atoms with Gasteiger partial charge in [0, 0.05) is 5.41 Å². The lowest BCUT2D eigenvalue weighted by molar-refractivity contribution is 0.158. The minimum absolute atomic E-state index is 0.0595. The van der Waals surface area contributed by atoms with E-state index in [4.69, 9.17) is 4.74 Å². The predicted molar refractivity (Wildman–Crippen MR) is 68.5 cm³/mol. The third-order valence-electron chi connectivity index (χ3n) is 3.64. The Labute approximate surface area is 103 Å². The van der Waals surface area contributed by atoms with Gasteiger partial charge in [-0.15, -0.1) is 0 Å². The maximum absolute atomic E-state index is 9.71. The van der Waals surface area contributed by atoms with Gasteiger partial charge in [0.05, 0.1) is 13.2 Å². The molecule has 1 saturated heterocycles. The quantitative estimate of drug-likeness (QED) is 0.834. The molecule has 0 spiro atoms. The van der Waals surface area contributed by atoms with Crippen LogP contribution in [0.2, 0.25) is 0 Å². The zero-order valence-corrected chi connectivity index (χ0v) is 10.4. The fourth-order valence-electron chi connectivity index (χ4n) is 2.51. The Kier molecular flexibility index (Phi) is 4.02. The molecule has 0 aliphatic carbocycles. The van der Waals surface area contributed by atoms with Crippen molar-refractivity contribution in [2.45, 2.75) is 25.2 Å². The minimum atomic E-state index is -0.0595. The van der Waals surface area contributed by atoms with Crippen molar-refractivity contribution in [2.24, 2.45) is 0 Å². The average molecular weight is 235 g/mol. The molecule has 0 aromatic heterocycles. The van der Waals surface area contributed by atoms with Crippen LogP contribution in [0.15, 0.2) is 24.3 Å². The molecule has 1 aliphatic heterocycles. The molecule has 0 amide bonds. The van der Waals surface area contributed by atoms with Crippen molar-refractivity contribution in [3.8, 4) is 5.75 Å². The van der Waals surface area contributed by atoms with E-state index >= 15 is 0 Å². The summed E-state index contributed by atoms with van der Waals surface area (Å²) in [5.41, 5.74) is 1.17. The Bertz CT molecular complexity index is 342. The first-order valence-corrected chi connectivity index (χ1v) is 6.36. The maximum Gasteiger partial charge on any atom is 0.119 e. The normalized spacial score (nSPS) is 18.9. The Morgan fingerprint density at radius 1 is 1.24 bits per heavy atom. The largest absolute Gasteiger partial charge is 0.494 e. The molecule has 3 nitrogen and oxygen atoms in total. The monoisotopic (exact) mass is 235 g/mol.